The van der Waals surface area contributed by atoms with E-state index in [1.807, 2.05) is 13.8 Å². The number of anilines is 1. The number of nitrogens with one attached hydrogen (secondary N) is 1. The number of nitrogens with zero attached hydrogens (tertiary/aromatic N) is 2. The molecule has 0 fully saturated rings. The fourth-order valence-electron chi connectivity index (χ4n) is 1.47. The van der Waals surface area contributed by atoms with Gasteiger partial charge in [-0.05, 0) is 26.0 Å². The third-order valence-corrected chi connectivity index (χ3v) is 3.51. The van der Waals surface area contributed by atoms with Crippen molar-refractivity contribution >= 4 is 22.9 Å². The van der Waals surface area contributed by atoms with Crippen LogP contribution in [0.1, 0.15) is 26.1 Å². The topological polar surface area (TPSA) is 80.9 Å². The van der Waals surface area contributed by atoms with Crippen LogP contribution in [0.15, 0.2) is 18.3 Å². The summed E-state index contributed by atoms with van der Waals surface area (Å²) in [6.45, 7) is 4.10. The van der Waals surface area contributed by atoms with Crippen molar-refractivity contribution in [2.75, 3.05) is 5.73 Å². The standard InChI is InChI=1S/C12H14N4OS/c1-7-10(13)5-11(18-7)12(17)15-6-9-3-4-14-8(2)16-9/h3-5H,6,13H2,1-2H3,(H,15,17). The summed E-state index contributed by atoms with van der Waals surface area (Å²) in [5.74, 6) is 0.564. The first kappa shape index (κ1) is 12.5. The Balaban J connectivity index is 2.00. The van der Waals surface area contributed by atoms with Crippen molar-refractivity contribution < 1.29 is 4.79 Å². The first-order valence-electron chi connectivity index (χ1n) is 5.49. The lowest BCUT2D eigenvalue weighted by Gasteiger charge is -2.03. The molecule has 5 nitrogen and oxygen atoms in total. The summed E-state index contributed by atoms with van der Waals surface area (Å²) in [6.07, 6.45) is 1.68. The molecule has 0 bridgehead atoms. The summed E-state index contributed by atoms with van der Waals surface area (Å²) in [5, 5.41) is 2.81. The van der Waals surface area contributed by atoms with Crippen LogP contribution in [0.4, 0.5) is 5.69 Å². The number of rotatable bonds is 3. The predicted octanol–water partition coefficient (Wildman–Crippen LogP) is 1.67. The van der Waals surface area contributed by atoms with Gasteiger partial charge >= 0.3 is 0 Å². The maximum Gasteiger partial charge on any atom is 0.261 e. The van der Waals surface area contributed by atoms with Crippen LogP contribution in [-0.4, -0.2) is 15.9 Å². The van der Waals surface area contributed by atoms with Gasteiger partial charge in [0.25, 0.3) is 5.91 Å². The largest absolute Gasteiger partial charge is 0.398 e. The van der Waals surface area contributed by atoms with Crippen LogP contribution >= 0.6 is 11.3 Å². The van der Waals surface area contributed by atoms with E-state index in [9.17, 15) is 4.79 Å². The molecule has 0 aliphatic heterocycles. The van der Waals surface area contributed by atoms with E-state index < -0.39 is 0 Å². The molecule has 0 aliphatic rings. The fourth-order valence-corrected chi connectivity index (χ4v) is 2.33. The van der Waals surface area contributed by atoms with E-state index in [4.69, 9.17) is 5.73 Å². The quantitative estimate of drug-likeness (QED) is 0.881. The molecule has 2 rings (SSSR count). The second kappa shape index (κ2) is 5.14. The summed E-state index contributed by atoms with van der Waals surface area (Å²) in [6, 6.07) is 3.47. The van der Waals surface area contributed by atoms with Crippen molar-refractivity contribution in [3.05, 3.63) is 39.6 Å². The first-order chi connectivity index (χ1) is 8.56. The SMILES string of the molecule is Cc1nccc(CNC(=O)c2cc(N)c(C)s2)n1. The molecule has 0 aliphatic carbocycles. The fraction of sp³-hybridized carbons (Fsp3) is 0.250. The van der Waals surface area contributed by atoms with Gasteiger partial charge in [0.15, 0.2) is 0 Å². The van der Waals surface area contributed by atoms with E-state index in [2.05, 4.69) is 15.3 Å². The molecule has 94 valence electrons. The molecule has 0 aromatic carbocycles. The van der Waals surface area contributed by atoms with Crippen LogP contribution in [0.3, 0.4) is 0 Å². The van der Waals surface area contributed by atoms with Gasteiger partial charge in [0.05, 0.1) is 17.1 Å². The lowest BCUT2D eigenvalue weighted by molar-refractivity contribution is 0.0954. The van der Waals surface area contributed by atoms with Crippen LogP contribution in [0.2, 0.25) is 0 Å². The summed E-state index contributed by atoms with van der Waals surface area (Å²) in [7, 11) is 0. The van der Waals surface area contributed by atoms with Crippen molar-refractivity contribution in [1.29, 1.82) is 0 Å². The van der Waals surface area contributed by atoms with Gasteiger partial charge in [-0.2, -0.15) is 0 Å². The van der Waals surface area contributed by atoms with E-state index in [0.717, 1.165) is 10.6 Å². The smallest absolute Gasteiger partial charge is 0.261 e. The average Bonchev–Trinajstić information content (AvgIpc) is 2.67. The van der Waals surface area contributed by atoms with Gasteiger partial charge in [0.1, 0.15) is 5.82 Å². The van der Waals surface area contributed by atoms with E-state index in [1.54, 1.807) is 18.3 Å². The number of aryl methyl sites for hydroxylation is 2. The van der Waals surface area contributed by atoms with Crippen molar-refractivity contribution in [3.63, 3.8) is 0 Å². The Morgan fingerprint density at radius 1 is 1.50 bits per heavy atom. The molecular formula is C12H14N4OS. The second-order valence-corrected chi connectivity index (χ2v) is 5.16. The molecule has 0 spiro atoms. The molecule has 0 saturated heterocycles. The van der Waals surface area contributed by atoms with Gasteiger partial charge in [-0.15, -0.1) is 11.3 Å². The Labute approximate surface area is 109 Å². The summed E-state index contributed by atoms with van der Waals surface area (Å²) in [4.78, 5) is 21.7. The van der Waals surface area contributed by atoms with Gasteiger partial charge in [0.2, 0.25) is 0 Å². The Hall–Kier alpha value is -1.95. The van der Waals surface area contributed by atoms with E-state index in [0.29, 0.717) is 22.9 Å². The molecule has 0 atom stereocenters. The lowest BCUT2D eigenvalue weighted by atomic mass is 10.3. The normalized spacial score (nSPS) is 10.3. The number of nitrogen functional groups attached to an aromatic ring is 1. The van der Waals surface area contributed by atoms with E-state index in [1.165, 1.54) is 11.3 Å². The predicted molar refractivity (Wildman–Crippen MR) is 71.4 cm³/mol. The zero-order valence-electron chi connectivity index (χ0n) is 10.2. The monoisotopic (exact) mass is 262 g/mol. The molecular weight excluding hydrogens is 248 g/mol. The van der Waals surface area contributed by atoms with Crippen molar-refractivity contribution in [2.45, 2.75) is 20.4 Å². The van der Waals surface area contributed by atoms with E-state index >= 15 is 0 Å². The number of nitrogens with two attached hydrogens (primary N) is 1. The van der Waals surface area contributed by atoms with Gasteiger partial charge in [-0.1, -0.05) is 0 Å². The third kappa shape index (κ3) is 2.84. The van der Waals surface area contributed by atoms with Crippen LogP contribution in [0.25, 0.3) is 0 Å². The maximum atomic E-state index is 11.9. The molecule has 0 saturated carbocycles. The van der Waals surface area contributed by atoms with Crippen molar-refractivity contribution in [1.82, 2.24) is 15.3 Å². The summed E-state index contributed by atoms with van der Waals surface area (Å²) < 4.78 is 0. The number of thiophene rings is 1. The molecule has 2 aromatic rings. The number of amides is 1. The highest BCUT2D eigenvalue weighted by molar-refractivity contribution is 7.14. The average molecular weight is 262 g/mol. The first-order valence-corrected chi connectivity index (χ1v) is 6.30. The van der Waals surface area contributed by atoms with E-state index in [-0.39, 0.29) is 5.91 Å². The molecule has 2 aromatic heterocycles. The molecule has 1 amide bonds. The molecule has 3 N–H and O–H groups in total. The third-order valence-electron chi connectivity index (χ3n) is 2.44. The molecule has 2 heterocycles. The van der Waals surface area contributed by atoms with Crippen molar-refractivity contribution in [2.24, 2.45) is 0 Å². The number of carbonyl (C=O) groups excluding carboxylic acids is 1. The molecule has 0 unspecified atom stereocenters. The van der Waals surface area contributed by atoms with Gasteiger partial charge in [0, 0.05) is 16.8 Å². The Bertz CT molecular complexity index is 560. The van der Waals surface area contributed by atoms with Crippen molar-refractivity contribution in [3.8, 4) is 0 Å². The number of hydrogen-bond donors (Lipinski definition) is 2. The lowest BCUT2D eigenvalue weighted by Crippen LogP contribution is -2.22. The Morgan fingerprint density at radius 2 is 2.28 bits per heavy atom. The van der Waals surface area contributed by atoms with Crippen LogP contribution in [-0.2, 0) is 6.54 Å². The highest BCUT2D eigenvalue weighted by Gasteiger charge is 2.10. The molecule has 6 heteroatoms. The minimum absolute atomic E-state index is 0.129. The summed E-state index contributed by atoms with van der Waals surface area (Å²) >= 11 is 1.39. The van der Waals surface area contributed by atoms with Gasteiger partial charge in [-0.25, -0.2) is 9.97 Å². The number of carbonyl (C=O) groups is 1. The Kier molecular flexibility index (Phi) is 3.57. The van der Waals surface area contributed by atoms with Crippen LogP contribution in [0, 0.1) is 13.8 Å². The van der Waals surface area contributed by atoms with Crippen LogP contribution in [0.5, 0.6) is 0 Å². The highest BCUT2D eigenvalue weighted by atomic mass is 32.1. The maximum absolute atomic E-state index is 11.9. The molecule has 0 radical (unpaired) electrons. The zero-order chi connectivity index (χ0) is 13.1. The molecule has 18 heavy (non-hydrogen) atoms. The van der Waals surface area contributed by atoms with Gasteiger partial charge in [-0.3, -0.25) is 4.79 Å². The minimum atomic E-state index is -0.129. The zero-order valence-corrected chi connectivity index (χ0v) is 11.0. The Morgan fingerprint density at radius 3 is 2.89 bits per heavy atom. The number of aromatic nitrogens is 2. The highest BCUT2D eigenvalue weighted by Crippen LogP contribution is 2.23. The minimum Gasteiger partial charge on any atom is -0.398 e. The number of hydrogen-bond acceptors (Lipinski definition) is 5. The summed E-state index contributed by atoms with van der Waals surface area (Å²) in [5.41, 5.74) is 7.16. The van der Waals surface area contributed by atoms with Crippen LogP contribution < -0.4 is 11.1 Å². The second-order valence-electron chi connectivity index (χ2n) is 3.90. The van der Waals surface area contributed by atoms with Gasteiger partial charge < -0.3 is 11.1 Å².